The Morgan fingerprint density at radius 3 is 2.82 bits per heavy atom. The van der Waals surface area contributed by atoms with Gasteiger partial charge in [-0.3, -0.25) is 19.4 Å². The molecule has 0 aromatic carbocycles. The Morgan fingerprint density at radius 2 is 2.10 bits per heavy atom. The van der Waals surface area contributed by atoms with Crippen molar-refractivity contribution >= 4 is 64.5 Å². The molecule has 0 fully saturated rings. The van der Waals surface area contributed by atoms with Crippen LogP contribution in [0, 0.1) is 0 Å². The van der Waals surface area contributed by atoms with Crippen molar-refractivity contribution in [3.05, 3.63) is 28.2 Å². The zero-order valence-corrected chi connectivity index (χ0v) is 25.2. The Morgan fingerprint density at radius 1 is 1.33 bits per heavy atom. The number of rotatable bonds is 7. The number of hydrogen-bond donors (Lipinski definition) is 3. The van der Waals surface area contributed by atoms with E-state index in [1.165, 1.54) is 23.1 Å². The third kappa shape index (κ3) is 9.64. The molecule has 3 rings (SSSR count). The molecule has 1 aromatic rings. The second-order valence-corrected chi connectivity index (χ2v) is 12.9. The Hall–Kier alpha value is -2.38. The number of carbonyl (C=O) groups is 4. The zero-order valence-electron chi connectivity index (χ0n) is 22.7. The number of aromatic nitrogens is 1. The fraction of sp³-hybridized carbons (Fsp3) is 0.615. The quantitative estimate of drug-likeness (QED) is 0.248. The molecule has 0 saturated heterocycles. The first-order chi connectivity index (χ1) is 18.4. The topological polar surface area (TPSA) is 136 Å². The van der Waals surface area contributed by atoms with Crippen LogP contribution in [-0.4, -0.2) is 68.6 Å². The SMILES string of the molecule is CC(C)(C)OC(=O)CCC[C@@H]1NC(=O)[C@]2(C)CSC(=N2)c2csc(n2)CNC(=O)C[C@@H](/C=C/CCS)OC1=O. The summed E-state index contributed by atoms with van der Waals surface area (Å²) in [6.45, 7) is 7.29. The van der Waals surface area contributed by atoms with Crippen molar-refractivity contribution in [1.29, 1.82) is 0 Å². The highest BCUT2D eigenvalue weighted by Crippen LogP contribution is 2.32. The predicted molar refractivity (Wildman–Crippen MR) is 155 cm³/mol. The van der Waals surface area contributed by atoms with Gasteiger partial charge in [0.15, 0.2) is 0 Å². The maximum absolute atomic E-state index is 13.4. The van der Waals surface area contributed by atoms with Gasteiger partial charge in [0.05, 0.1) is 13.0 Å². The highest BCUT2D eigenvalue weighted by molar-refractivity contribution is 8.14. The normalized spacial score (nSPS) is 24.6. The van der Waals surface area contributed by atoms with E-state index >= 15 is 0 Å². The minimum absolute atomic E-state index is 0.0756. The lowest BCUT2D eigenvalue weighted by molar-refractivity contribution is -0.156. The standard InChI is InChI=1S/C26H36N4O6S3/c1-25(2,3)36-21(32)10-7-9-17-23(33)35-16(8-5-6-11-37)12-19(31)27-13-20-28-18(14-38-20)22-30-26(4,15-39-22)24(34)29-17/h5,8,14,16-17,37H,6-7,9-13,15H2,1-4H3,(H,27,31)(H,29,34)/b8-5+/t16-,17+,26+/m1/s1. The molecule has 0 saturated carbocycles. The van der Waals surface area contributed by atoms with E-state index in [2.05, 4.69) is 33.2 Å². The van der Waals surface area contributed by atoms with E-state index in [1.54, 1.807) is 39.8 Å². The molecule has 2 aliphatic rings. The van der Waals surface area contributed by atoms with Gasteiger partial charge in [-0.1, -0.05) is 6.08 Å². The average Bonchev–Trinajstić information content (AvgIpc) is 3.48. The Labute approximate surface area is 242 Å². The molecule has 2 amide bonds. The second-order valence-electron chi connectivity index (χ2n) is 10.5. The van der Waals surface area contributed by atoms with Crippen LogP contribution >= 0.6 is 35.7 Å². The average molecular weight is 597 g/mol. The van der Waals surface area contributed by atoms with Crippen LogP contribution in [0.15, 0.2) is 22.5 Å². The molecule has 4 bridgehead atoms. The number of aliphatic imine (C=N–C) groups is 1. The van der Waals surface area contributed by atoms with Crippen LogP contribution < -0.4 is 10.6 Å². The Balaban J connectivity index is 1.84. The molecule has 10 nitrogen and oxygen atoms in total. The van der Waals surface area contributed by atoms with Gasteiger partial charge in [-0.2, -0.15) is 12.6 Å². The van der Waals surface area contributed by atoms with E-state index in [0.29, 0.717) is 33.7 Å². The molecular formula is C26H36N4O6S3. The summed E-state index contributed by atoms with van der Waals surface area (Å²) in [5.41, 5.74) is -1.08. The molecule has 0 radical (unpaired) electrons. The number of thiazole rings is 1. The molecule has 13 heteroatoms. The number of thiol groups is 1. The minimum Gasteiger partial charge on any atom is -0.460 e. The van der Waals surface area contributed by atoms with Gasteiger partial charge in [0.1, 0.15) is 39.0 Å². The number of cyclic esters (lactones) is 1. The van der Waals surface area contributed by atoms with Crippen LogP contribution in [0.2, 0.25) is 0 Å². The smallest absolute Gasteiger partial charge is 0.329 e. The molecule has 0 aliphatic carbocycles. The minimum atomic E-state index is -1.11. The van der Waals surface area contributed by atoms with Crippen LogP contribution in [0.5, 0.6) is 0 Å². The maximum Gasteiger partial charge on any atom is 0.329 e. The number of carbonyl (C=O) groups excluding carboxylic acids is 4. The summed E-state index contributed by atoms with van der Waals surface area (Å²) in [4.78, 5) is 60.8. The summed E-state index contributed by atoms with van der Waals surface area (Å²) in [5, 5.41) is 8.81. The molecule has 39 heavy (non-hydrogen) atoms. The third-order valence-corrected chi connectivity index (χ3v) is 8.11. The number of ether oxygens (including phenoxy) is 2. The van der Waals surface area contributed by atoms with E-state index in [0.717, 1.165) is 0 Å². The number of amides is 2. The van der Waals surface area contributed by atoms with Crippen LogP contribution in [-0.2, 0) is 35.2 Å². The van der Waals surface area contributed by atoms with Crippen molar-refractivity contribution in [2.45, 2.75) is 89.6 Å². The second kappa shape index (κ2) is 13.8. The lowest BCUT2D eigenvalue weighted by atomic mass is 10.0. The van der Waals surface area contributed by atoms with Gasteiger partial charge in [0.2, 0.25) is 11.8 Å². The molecule has 0 spiro atoms. The first kappa shape index (κ1) is 31.2. The van der Waals surface area contributed by atoms with Gasteiger partial charge in [-0.05, 0) is 58.8 Å². The Kier molecular flexibility index (Phi) is 11.0. The van der Waals surface area contributed by atoms with Gasteiger partial charge in [0.25, 0.3) is 0 Å². The molecule has 3 heterocycles. The van der Waals surface area contributed by atoms with Gasteiger partial charge in [-0.15, -0.1) is 23.1 Å². The summed E-state index contributed by atoms with van der Waals surface area (Å²) in [6, 6.07) is -1.04. The molecular weight excluding hydrogens is 561 g/mol. The van der Waals surface area contributed by atoms with Crippen LogP contribution in [0.3, 0.4) is 0 Å². The number of allylic oxidation sites excluding steroid dienone is 1. The van der Waals surface area contributed by atoms with E-state index in [9.17, 15) is 19.2 Å². The monoisotopic (exact) mass is 596 g/mol. The number of nitrogens with zero attached hydrogens (tertiary/aromatic N) is 2. The van der Waals surface area contributed by atoms with Crippen molar-refractivity contribution in [2.24, 2.45) is 4.99 Å². The molecule has 0 unspecified atom stereocenters. The molecule has 214 valence electrons. The van der Waals surface area contributed by atoms with E-state index < -0.39 is 41.1 Å². The number of hydrogen-bond acceptors (Lipinski definition) is 11. The largest absolute Gasteiger partial charge is 0.460 e. The molecule has 2 N–H and O–H groups in total. The molecule has 1 aromatic heterocycles. The lowest BCUT2D eigenvalue weighted by Crippen LogP contribution is -2.51. The van der Waals surface area contributed by atoms with Gasteiger partial charge in [-0.25, -0.2) is 9.78 Å². The summed E-state index contributed by atoms with van der Waals surface area (Å²) in [7, 11) is 0. The number of nitrogens with one attached hydrogen (secondary N) is 2. The summed E-state index contributed by atoms with van der Waals surface area (Å²) in [5.74, 6) is -0.834. The fourth-order valence-corrected chi connectivity index (χ4v) is 5.85. The van der Waals surface area contributed by atoms with Gasteiger partial charge >= 0.3 is 11.9 Å². The summed E-state index contributed by atoms with van der Waals surface area (Å²) < 4.78 is 11.1. The van der Waals surface area contributed by atoms with Crippen molar-refractivity contribution in [2.75, 3.05) is 11.5 Å². The number of esters is 2. The van der Waals surface area contributed by atoms with Gasteiger partial charge < -0.3 is 20.1 Å². The van der Waals surface area contributed by atoms with E-state index in [-0.39, 0.29) is 38.1 Å². The van der Waals surface area contributed by atoms with Crippen molar-refractivity contribution in [3.63, 3.8) is 0 Å². The summed E-state index contributed by atoms with van der Waals surface area (Å²) in [6.07, 6.45) is 3.67. The van der Waals surface area contributed by atoms with Crippen molar-refractivity contribution in [1.82, 2.24) is 15.6 Å². The van der Waals surface area contributed by atoms with Crippen LogP contribution in [0.4, 0.5) is 0 Å². The zero-order chi connectivity index (χ0) is 28.6. The highest BCUT2D eigenvalue weighted by atomic mass is 32.2. The van der Waals surface area contributed by atoms with Crippen molar-refractivity contribution < 1.29 is 28.7 Å². The summed E-state index contributed by atoms with van der Waals surface area (Å²) >= 11 is 7.00. The first-order valence-electron chi connectivity index (χ1n) is 12.8. The van der Waals surface area contributed by atoms with Gasteiger partial charge in [0, 0.05) is 17.6 Å². The highest BCUT2D eigenvalue weighted by Gasteiger charge is 2.41. The third-order valence-electron chi connectivity index (χ3n) is 5.72. The number of fused-ring (bicyclic) bond motifs is 4. The Bertz CT molecular complexity index is 1130. The first-order valence-corrected chi connectivity index (χ1v) is 15.3. The van der Waals surface area contributed by atoms with E-state index in [4.69, 9.17) is 9.47 Å². The lowest BCUT2D eigenvalue weighted by Gasteiger charge is -2.25. The van der Waals surface area contributed by atoms with Crippen molar-refractivity contribution in [3.8, 4) is 0 Å². The van der Waals surface area contributed by atoms with Crippen LogP contribution in [0.1, 0.15) is 70.5 Å². The molecule has 2 aliphatic heterocycles. The number of thioether (sulfide) groups is 1. The molecule has 3 atom stereocenters. The van der Waals surface area contributed by atoms with Crippen LogP contribution in [0.25, 0.3) is 0 Å². The van der Waals surface area contributed by atoms with E-state index in [1.807, 2.05) is 5.38 Å². The maximum atomic E-state index is 13.4. The fourth-order valence-electron chi connectivity index (χ4n) is 3.77. The predicted octanol–water partition coefficient (Wildman–Crippen LogP) is 3.20.